The molecular weight excluding hydrogens is 268 g/mol. The van der Waals surface area contributed by atoms with Gasteiger partial charge in [0.05, 0.1) is 25.7 Å². The van der Waals surface area contributed by atoms with Gasteiger partial charge in [-0.2, -0.15) is 0 Å². The van der Waals surface area contributed by atoms with Gasteiger partial charge in [-0.3, -0.25) is 4.79 Å². The van der Waals surface area contributed by atoms with Gasteiger partial charge in [0, 0.05) is 24.8 Å². The molecule has 5 heteroatoms. The molecule has 1 aliphatic rings. The Morgan fingerprint density at radius 1 is 1.52 bits per heavy atom. The molecule has 0 radical (unpaired) electrons. The van der Waals surface area contributed by atoms with Gasteiger partial charge in [0.2, 0.25) is 5.91 Å². The Morgan fingerprint density at radius 2 is 2.38 bits per heavy atom. The number of morpholine rings is 1. The largest absolute Gasteiger partial charge is 0.493 e. The second kappa shape index (κ2) is 8.00. The fourth-order valence-electron chi connectivity index (χ4n) is 2.10. The third-order valence-electron chi connectivity index (χ3n) is 3.12. The number of anilines is 1. The molecule has 1 heterocycles. The first-order chi connectivity index (χ1) is 10.1. The van der Waals surface area contributed by atoms with E-state index >= 15 is 0 Å². The van der Waals surface area contributed by atoms with Crippen LogP contribution in [0.4, 0.5) is 5.69 Å². The second-order valence-corrected chi connectivity index (χ2v) is 5.68. The van der Waals surface area contributed by atoms with E-state index in [2.05, 4.69) is 24.5 Å². The lowest BCUT2D eigenvalue weighted by Crippen LogP contribution is -2.40. The highest BCUT2D eigenvalue weighted by Crippen LogP contribution is 2.18. The third kappa shape index (κ3) is 5.73. The molecule has 0 bridgehead atoms. The van der Waals surface area contributed by atoms with E-state index in [9.17, 15) is 4.79 Å². The Bertz CT molecular complexity index is 457. The van der Waals surface area contributed by atoms with Crippen LogP contribution in [-0.2, 0) is 9.53 Å². The lowest BCUT2D eigenvalue weighted by atomic mass is 10.2. The summed E-state index contributed by atoms with van der Waals surface area (Å²) < 4.78 is 11.2. The normalized spacial score (nSPS) is 18.5. The number of benzene rings is 1. The van der Waals surface area contributed by atoms with E-state index in [0.29, 0.717) is 25.6 Å². The molecule has 1 atom stereocenters. The van der Waals surface area contributed by atoms with Crippen LogP contribution in [0.2, 0.25) is 0 Å². The summed E-state index contributed by atoms with van der Waals surface area (Å²) in [7, 11) is 0. The van der Waals surface area contributed by atoms with Crippen LogP contribution in [0.5, 0.6) is 5.75 Å². The molecule has 2 N–H and O–H groups in total. The predicted octanol–water partition coefficient (Wildman–Crippen LogP) is 2.04. The molecule has 0 aliphatic carbocycles. The van der Waals surface area contributed by atoms with E-state index in [4.69, 9.17) is 9.47 Å². The molecule has 0 spiro atoms. The summed E-state index contributed by atoms with van der Waals surface area (Å²) in [5.74, 6) is 1.21. The maximum Gasteiger partial charge on any atom is 0.227 e. The average Bonchev–Trinajstić information content (AvgIpc) is 2.46. The van der Waals surface area contributed by atoms with E-state index in [0.717, 1.165) is 24.5 Å². The van der Waals surface area contributed by atoms with Crippen LogP contribution < -0.4 is 15.4 Å². The van der Waals surface area contributed by atoms with E-state index in [1.54, 1.807) is 0 Å². The van der Waals surface area contributed by atoms with Crippen molar-refractivity contribution < 1.29 is 14.3 Å². The Hall–Kier alpha value is -1.59. The maximum absolute atomic E-state index is 12.0. The predicted molar refractivity (Wildman–Crippen MR) is 82.6 cm³/mol. The molecule has 0 aromatic heterocycles. The van der Waals surface area contributed by atoms with E-state index < -0.39 is 0 Å². The summed E-state index contributed by atoms with van der Waals surface area (Å²) in [5.41, 5.74) is 0.755. The van der Waals surface area contributed by atoms with Crippen molar-refractivity contribution in [2.24, 2.45) is 5.92 Å². The first-order valence-corrected chi connectivity index (χ1v) is 7.48. The molecule has 21 heavy (non-hydrogen) atoms. The number of hydrogen-bond acceptors (Lipinski definition) is 4. The number of ether oxygens (including phenoxy) is 2. The first kappa shape index (κ1) is 15.8. The Labute approximate surface area is 126 Å². The zero-order chi connectivity index (χ0) is 15.1. The fraction of sp³-hybridized carbons (Fsp3) is 0.562. The molecular formula is C16H24N2O3. The molecule has 1 aromatic carbocycles. The van der Waals surface area contributed by atoms with Gasteiger partial charge in [0.1, 0.15) is 5.75 Å². The zero-order valence-electron chi connectivity index (χ0n) is 12.7. The van der Waals surface area contributed by atoms with Gasteiger partial charge in [-0.05, 0) is 18.1 Å². The monoisotopic (exact) mass is 292 g/mol. The minimum atomic E-state index is -0.0425. The van der Waals surface area contributed by atoms with Gasteiger partial charge in [-0.1, -0.05) is 19.9 Å². The molecule has 1 fully saturated rings. The molecule has 1 unspecified atom stereocenters. The van der Waals surface area contributed by atoms with Crippen LogP contribution in [0.25, 0.3) is 0 Å². The lowest BCUT2D eigenvalue weighted by Gasteiger charge is -2.23. The van der Waals surface area contributed by atoms with Crippen LogP contribution in [0.1, 0.15) is 20.3 Å². The first-order valence-electron chi connectivity index (χ1n) is 7.48. The molecule has 116 valence electrons. The van der Waals surface area contributed by atoms with Crippen molar-refractivity contribution >= 4 is 11.6 Å². The van der Waals surface area contributed by atoms with Gasteiger partial charge >= 0.3 is 0 Å². The average molecular weight is 292 g/mol. The molecule has 1 aromatic rings. The van der Waals surface area contributed by atoms with E-state index in [-0.39, 0.29) is 12.0 Å². The third-order valence-corrected chi connectivity index (χ3v) is 3.12. The van der Waals surface area contributed by atoms with Crippen LogP contribution in [0.3, 0.4) is 0 Å². The summed E-state index contributed by atoms with van der Waals surface area (Å²) in [6.45, 7) is 7.11. The quantitative estimate of drug-likeness (QED) is 0.842. The second-order valence-electron chi connectivity index (χ2n) is 5.68. The molecule has 5 nitrogen and oxygen atoms in total. The number of nitrogens with one attached hydrogen (secondary N) is 2. The van der Waals surface area contributed by atoms with Crippen LogP contribution in [0, 0.1) is 5.92 Å². The molecule has 1 amide bonds. The van der Waals surface area contributed by atoms with Gasteiger partial charge in [-0.25, -0.2) is 0 Å². The number of carbonyl (C=O) groups excluding carboxylic acids is 1. The van der Waals surface area contributed by atoms with Crippen LogP contribution in [-0.4, -0.2) is 38.3 Å². The zero-order valence-corrected chi connectivity index (χ0v) is 12.7. The summed E-state index contributed by atoms with van der Waals surface area (Å²) >= 11 is 0. The number of rotatable bonds is 6. The minimum absolute atomic E-state index is 0.0373. The highest BCUT2D eigenvalue weighted by atomic mass is 16.5. The van der Waals surface area contributed by atoms with Crippen molar-refractivity contribution in [3.05, 3.63) is 24.3 Å². The fourth-order valence-corrected chi connectivity index (χ4v) is 2.10. The van der Waals surface area contributed by atoms with Gasteiger partial charge in [-0.15, -0.1) is 0 Å². The van der Waals surface area contributed by atoms with Gasteiger partial charge in [0.25, 0.3) is 0 Å². The number of carbonyl (C=O) groups is 1. The molecule has 0 saturated carbocycles. The lowest BCUT2D eigenvalue weighted by molar-refractivity contribution is -0.119. The molecule has 2 rings (SSSR count). The smallest absolute Gasteiger partial charge is 0.227 e. The minimum Gasteiger partial charge on any atom is -0.493 e. The maximum atomic E-state index is 12.0. The van der Waals surface area contributed by atoms with Crippen molar-refractivity contribution in [1.29, 1.82) is 0 Å². The summed E-state index contributed by atoms with van der Waals surface area (Å²) in [6.07, 6.45) is 0.323. The topological polar surface area (TPSA) is 59.6 Å². The van der Waals surface area contributed by atoms with E-state index in [1.807, 2.05) is 24.3 Å². The Morgan fingerprint density at radius 3 is 3.10 bits per heavy atom. The summed E-state index contributed by atoms with van der Waals surface area (Å²) in [4.78, 5) is 12.0. The van der Waals surface area contributed by atoms with Gasteiger partial charge < -0.3 is 20.1 Å². The van der Waals surface area contributed by atoms with Crippen molar-refractivity contribution in [2.75, 3.05) is 31.6 Å². The van der Waals surface area contributed by atoms with Crippen molar-refractivity contribution in [1.82, 2.24) is 5.32 Å². The van der Waals surface area contributed by atoms with E-state index in [1.165, 1.54) is 0 Å². The highest BCUT2D eigenvalue weighted by molar-refractivity contribution is 5.91. The summed E-state index contributed by atoms with van der Waals surface area (Å²) in [6, 6.07) is 7.48. The van der Waals surface area contributed by atoms with Gasteiger partial charge in [0.15, 0.2) is 0 Å². The molecule has 1 saturated heterocycles. The molecule has 1 aliphatic heterocycles. The van der Waals surface area contributed by atoms with Crippen molar-refractivity contribution in [2.45, 2.75) is 26.4 Å². The number of amides is 1. The van der Waals surface area contributed by atoms with Crippen molar-refractivity contribution in [3.63, 3.8) is 0 Å². The Balaban J connectivity index is 1.83. The number of hydrogen-bond donors (Lipinski definition) is 2. The van der Waals surface area contributed by atoms with Crippen LogP contribution in [0.15, 0.2) is 24.3 Å². The summed E-state index contributed by atoms with van der Waals surface area (Å²) in [5, 5.41) is 6.11. The van der Waals surface area contributed by atoms with Crippen LogP contribution >= 0.6 is 0 Å². The standard InChI is InChI=1S/C16H24N2O3/c1-12(2)11-21-14-5-3-4-13(8-14)18-16(19)9-15-10-17-6-7-20-15/h3-5,8,12,15,17H,6-7,9-11H2,1-2H3,(H,18,19). The Kier molecular flexibility index (Phi) is 6.02. The highest BCUT2D eigenvalue weighted by Gasteiger charge is 2.17. The SMILES string of the molecule is CC(C)COc1cccc(NC(=O)CC2CNCCO2)c1. The van der Waals surface area contributed by atoms with Crippen molar-refractivity contribution in [3.8, 4) is 5.75 Å².